The second-order valence-electron chi connectivity index (χ2n) is 7.32. The van der Waals surface area contributed by atoms with Crippen molar-refractivity contribution in [2.24, 2.45) is 5.41 Å². The smallest absolute Gasteiger partial charge is 0.228 e. The quantitative estimate of drug-likeness (QED) is 0.895. The van der Waals surface area contributed by atoms with Crippen LogP contribution in [-0.4, -0.2) is 69.9 Å². The van der Waals surface area contributed by atoms with Crippen LogP contribution in [0, 0.1) is 19.3 Å². The first-order valence-corrected chi connectivity index (χ1v) is 8.57. The topological polar surface area (TPSA) is 61.6 Å². The number of rotatable bonds is 3. The van der Waals surface area contributed by atoms with Crippen molar-refractivity contribution in [1.82, 2.24) is 19.6 Å². The number of piperidine rings is 2. The van der Waals surface area contributed by atoms with Gasteiger partial charge in [-0.3, -0.25) is 9.48 Å². The Hall–Kier alpha value is -1.40. The van der Waals surface area contributed by atoms with Gasteiger partial charge in [-0.25, -0.2) is 0 Å². The van der Waals surface area contributed by atoms with E-state index in [-0.39, 0.29) is 17.4 Å². The third-order valence-electron chi connectivity index (χ3n) is 5.46. The predicted molar refractivity (Wildman–Crippen MR) is 88.1 cm³/mol. The lowest BCUT2D eigenvalue weighted by Gasteiger charge is -2.47. The summed E-state index contributed by atoms with van der Waals surface area (Å²) in [6.45, 7) is 8.28. The maximum Gasteiger partial charge on any atom is 0.228 e. The van der Waals surface area contributed by atoms with Crippen molar-refractivity contribution in [3.05, 3.63) is 17.5 Å². The van der Waals surface area contributed by atoms with E-state index in [2.05, 4.69) is 27.7 Å². The zero-order valence-corrected chi connectivity index (χ0v) is 14.5. The molecule has 2 aliphatic rings. The van der Waals surface area contributed by atoms with Crippen LogP contribution in [-0.2, 0) is 11.3 Å². The molecule has 1 N–H and O–H groups in total. The third-order valence-corrected chi connectivity index (χ3v) is 5.46. The summed E-state index contributed by atoms with van der Waals surface area (Å²) >= 11 is 0. The number of likely N-dealkylation sites (tertiary alicyclic amines) is 2. The molecular formula is C17H28N4O2. The van der Waals surface area contributed by atoms with Gasteiger partial charge < -0.3 is 14.9 Å². The Bertz CT molecular complexity index is 575. The van der Waals surface area contributed by atoms with Crippen LogP contribution < -0.4 is 0 Å². The summed E-state index contributed by atoms with van der Waals surface area (Å²) in [5.74, 6) is 0.223. The van der Waals surface area contributed by atoms with Crippen LogP contribution in [0.1, 0.15) is 30.7 Å². The molecule has 3 rings (SSSR count). The molecule has 6 nitrogen and oxygen atoms in total. The Morgan fingerprint density at radius 1 is 1.30 bits per heavy atom. The van der Waals surface area contributed by atoms with Crippen LogP contribution >= 0.6 is 0 Å². The van der Waals surface area contributed by atoms with Gasteiger partial charge in [-0.1, -0.05) is 0 Å². The van der Waals surface area contributed by atoms with Gasteiger partial charge in [0.1, 0.15) is 0 Å². The molecule has 2 aliphatic heterocycles. The summed E-state index contributed by atoms with van der Waals surface area (Å²) in [6, 6.07) is 2.10. The summed E-state index contributed by atoms with van der Waals surface area (Å²) in [7, 11) is 1.81. The number of carbonyl (C=O) groups is 1. The van der Waals surface area contributed by atoms with E-state index >= 15 is 0 Å². The second-order valence-corrected chi connectivity index (χ2v) is 7.32. The molecule has 0 aliphatic carbocycles. The summed E-state index contributed by atoms with van der Waals surface area (Å²) < 4.78 is 2.06. The van der Waals surface area contributed by atoms with Gasteiger partial charge >= 0.3 is 0 Å². The number of β-amino-alcohol motifs (C(OH)–C–C–N with tert-alkyl or cyclic N) is 1. The molecule has 1 spiro atoms. The zero-order chi connectivity index (χ0) is 16.6. The molecule has 6 heteroatoms. The number of aromatic nitrogens is 2. The number of likely N-dealkylation sites (N-methyl/N-ethyl adjacent to an activating group) is 1. The van der Waals surface area contributed by atoms with Crippen molar-refractivity contribution >= 4 is 5.91 Å². The van der Waals surface area contributed by atoms with E-state index in [0.29, 0.717) is 13.0 Å². The predicted octanol–water partition coefficient (Wildman–Crippen LogP) is 0.805. The molecule has 2 saturated heterocycles. The number of nitrogens with zero attached hydrogens (tertiary/aromatic N) is 4. The second kappa shape index (κ2) is 6.24. The molecule has 0 saturated carbocycles. The summed E-state index contributed by atoms with van der Waals surface area (Å²) in [4.78, 5) is 16.7. The van der Waals surface area contributed by atoms with Gasteiger partial charge in [0.25, 0.3) is 0 Å². The highest BCUT2D eigenvalue weighted by Gasteiger charge is 2.47. The minimum atomic E-state index is -0.376. The Balaban J connectivity index is 1.56. The summed E-state index contributed by atoms with van der Waals surface area (Å²) in [5, 5.41) is 14.6. The molecule has 128 valence electrons. The Morgan fingerprint density at radius 3 is 2.61 bits per heavy atom. The number of amides is 1. The molecule has 1 amide bonds. The molecule has 1 aromatic heterocycles. The van der Waals surface area contributed by atoms with Gasteiger partial charge in [0, 0.05) is 25.8 Å². The van der Waals surface area contributed by atoms with E-state index in [1.807, 2.05) is 14.0 Å². The summed E-state index contributed by atoms with van der Waals surface area (Å²) in [6.07, 6.45) is 1.95. The van der Waals surface area contributed by atoms with Crippen molar-refractivity contribution in [1.29, 1.82) is 0 Å². The number of carbonyl (C=O) groups excluding carboxylic acids is 1. The monoisotopic (exact) mass is 320 g/mol. The first-order chi connectivity index (χ1) is 10.9. The van der Waals surface area contributed by atoms with Crippen LogP contribution in [0.15, 0.2) is 6.07 Å². The van der Waals surface area contributed by atoms with Crippen molar-refractivity contribution in [2.45, 2.75) is 45.8 Å². The van der Waals surface area contributed by atoms with Crippen molar-refractivity contribution in [3.8, 4) is 0 Å². The van der Waals surface area contributed by atoms with Gasteiger partial charge in [0.05, 0.1) is 23.8 Å². The lowest BCUT2D eigenvalue weighted by molar-refractivity contribution is -0.154. The van der Waals surface area contributed by atoms with Gasteiger partial charge in [-0.05, 0) is 52.3 Å². The van der Waals surface area contributed by atoms with Crippen molar-refractivity contribution in [3.63, 3.8) is 0 Å². The van der Waals surface area contributed by atoms with Gasteiger partial charge in [-0.2, -0.15) is 5.10 Å². The van der Waals surface area contributed by atoms with Crippen LogP contribution in [0.25, 0.3) is 0 Å². The molecule has 0 aromatic carbocycles. The third kappa shape index (κ3) is 3.28. The lowest BCUT2D eigenvalue weighted by Crippen LogP contribution is -2.56. The van der Waals surface area contributed by atoms with E-state index in [0.717, 1.165) is 44.7 Å². The maximum absolute atomic E-state index is 12.6. The van der Waals surface area contributed by atoms with E-state index in [1.165, 1.54) is 5.69 Å². The largest absolute Gasteiger partial charge is 0.391 e. The normalized spacial score (nSPS) is 25.3. The molecule has 2 fully saturated rings. The molecule has 1 unspecified atom stereocenters. The number of hydrogen-bond donors (Lipinski definition) is 1. The van der Waals surface area contributed by atoms with Crippen molar-refractivity contribution < 1.29 is 9.90 Å². The molecule has 3 heterocycles. The van der Waals surface area contributed by atoms with Gasteiger partial charge in [0.2, 0.25) is 5.91 Å². The number of hydrogen-bond acceptors (Lipinski definition) is 4. The molecule has 23 heavy (non-hydrogen) atoms. The fraction of sp³-hybridized carbons (Fsp3) is 0.765. The number of aryl methyl sites for hydroxylation is 2. The highest BCUT2D eigenvalue weighted by molar-refractivity contribution is 5.83. The molecular weight excluding hydrogens is 292 g/mol. The lowest BCUT2D eigenvalue weighted by atomic mass is 9.71. The van der Waals surface area contributed by atoms with Crippen LogP contribution in [0.2, 0.25) is 0 Å². The molecule has 1 aromatic rings. The van der Waals surface area contributed by atoms with E-state index in [9.17, 15) is 9.90 Å². The number of aliphatic hydroxyl groups excluding tert-OH is 1. The van der Waals surface area contributed by atoms with Crippen LogP contribution in [0.3, 0.4) is 0 Å². The fourth-order valence-corrected chi connectivity index (χ4v) is 4.17. The summed E-state index contributed by atoms with van der Waals surface area (Å²) in [5.41, 5.74) is 1.93. The Labute approximate surface area is 138 Å². The van der Waals surface area contributed by atoms with E-state index < -0.39 is 0 Å². The Kier molecular flexibility index (Phi) is 4.47. The molecule has 1 atom stereocenters. The molecule has 0 bridgehead atoms. The van der Waals surface area contributed by atoms with E-state index in [1.54, 1.807) is 4.90 Å². The Morgan fingerprint density at radius 2 is 2.00 bits per heavy atom. The maximum atomic E-state index is 12.6. The SMILES string of the molecule is Cc1cc(C)n(CCN2CCC3(CC2)CC(O)CN(C)C3=O)n1. The van der Waals surface area contributed by atoms with Gasteiger partial charge in [0.15, 0.2) is 0 Å². The van der Waals surface area contributed by atoms with Gasteiger partial charge in [-0.15, -0.1) is 0 Å². The average Bonchev–Trinajstić information content (AvgIpc) is 2.82. The highest BCUT2D eigenvalue weighted by atomic mass is 16.3. The van der Waals surface area contributed by atoms with Crippen LogP contribution in [0.4, 0.5) is 0 Å². The standard InChI is InChI=1S/C17H28N4O2/c1-13-10-14(2)21(18-13)9-8-20-6-4-17(5-7-20)11-15(22)12-19(3)16(17)23/h10,15,22H,4-9,11-12H2,1-3H3. The first-order valence-electron chi connectivity index (χ1n) is 8.57. The van der Waals surface area contributed by atoms with Crippen LogP contribution in [0.5, 0.6) is 0 Å². The first kappa shape index (κ1) is 16.5. The average molecular weight is 320 g/mol. The molecule has 0 radical (unpaired) electrons. The minimum absolute atomic E-state index is 0.223. The number of aliphatic hydroxyl groups is 1. The minimum Gasteiger partial charge on any atom is -0.391 e. The highest BCUT2D eigenvalue weighted by Crippen LogP contribution is 2.40. The zero-order valence-electron chi connectivity index (χ0n) is 14.5. The fourth-order valence-electron chi connectivity index (χ4n) is 4.17. The van der Waals surface area contributed by atoms with E-state index in [4.69, 9.17) is 0 Å². The van der Waals surface area contributed by atoms with Crippen molar-refractivity contribution in [2.75, 3.05) is 33.2 Å².